The first-order valence-corrected chi connectivity index (χ1v) is 10.0. The second-order valence-corrected chi connectivity index (χ2v) is 6.91. The van der Waals surface area contributed by atoms with Gasteiger partial charge in [-0.2, -0.15) is 0 Å². The maximum Gasteiger partial charge on any atom is 0.251 e. The Morgan fingerprint density at radius 2 is 1.73 bits per heavy atom. The normalized spacial score (nSPS) is 10.4. The number of methoxy groups -OCH3 is 1. The molecule has 0 aliphatic carbocycles. The summed E-state index contributed by atoms with van der Waals surface area (Å²) in [4.78, 5) is 12.7. The average Bonchev–Trinajstić information content (AvgIpc) is 2.78. The molecule has 1 N–H and O–H groups in total. The van der Waals surface area contributed by atoms with Crippen LogP contribution in [0.2, 0.25) is 5.02 Å². The SMILES string of the molecule is CCOc1ccc(C(=O)NCc2ccc(OC)cc2)cc1COc1ccccc1Cl. The van der Waals surface area contributed by atoms with E-state index >= 15 is 0 Å². The predicted octanol–water partition coefficient (Wildman–Crippen LogP) is 5.26. The second kappa shape index (κ2) is 10.6. The molecule has 6 heteroatoms. The van der Waals surface area contributed by atoms with Crippen LogP contribution < -0.4 is 19.5 Å². The fourth-order valence-corrected chi connectivity index (χ4v) is 3.07. The Hall–Kier alpha value is -3.18. The summed E-state index contributed by atoms with van der Waals surface area (Å²) in [5.74, 6) is 1.86. The largest absolute Gasteiger partial charge is 0.497 e. The zero-order chi connectivity index (χ0) is 21.3. The predicted molar refractivity (Wildman–Crippen MR) is 118 cm³/mol. The molecule has 3 aromatic carbocycles. The van der Waals surface area contributed by atoms with Gasteiger partial charge in [0, 0.05) is 17.7 Å². The van der Waals surface area contributed by atoms with Gasteiger partial charge in [0.05, 0.1) is 18.7 Å². The van der Waals surface area contributed by atoms with Crippen LogP contribution >= 0.6 is 11.6 Å². The van der Waals surface area contributed by atoms with Gasteiger partial charge in [-0.15, -0.1) is 0 Å². The minimum absolute atomic E-state index is 0.173. The van der Waals surface area contributed by atoms with Crippen LogP contribution in [-0.4, -0.2) is 19.6 Å². The molecule has 0 aromatic heterocycles. The molecule has 0 radical (unpaired) electrons. The molecule has 3 aromatic rings. The third kappa shape index (κ3) is 5.67. The molecular weight excluding hydrogens is 402 g/mol. The van der Waals surface area contributed by atoms with E-state index in [4.69, 9.17) is 25.8 Å². The topological polar surface area (TPSA) is 56.8 Å². The molecule has 0 bridgehead atoms. The Labute approximate surface area is 181 Å². The zero-order valence-electron chi connectivity index (χ0n) is 17.0. The van der Waals surface area contributed by atoms with Crippen LogP contribution in [0.4, 0.5) is 0 Å². The van der Waals surface area contributed by atoms with E-state index in [1.54, 1.807) is 37.4 Å². The first kappa shape index (κ1) is 21.5. The van der Waals surface area contributed by atoms with Crippen molar-refractivity contribution in [2.75, 3.05) is 13.7 Å². The summed E-state index contributed by atoms with van der Waals surface area (Å²) < 4.78 is 16.7. The number of amides is 1. The summed E-state index contributed by atoms with van der Waals surface area (Å²) in [7, 11) is 1.62. The van der Waals surface area contributed by atoms with Crippen molar-refractivity contribution in [3.63, 3.8) is 0 Å². The standard InChI is InChI=1S/C24H24ClNO4/c1-3-29-22-13-10-18(14-19(22)16-30-23-7-5-4-6-21(23)25)24(27)26-15-17-8-11-20(28-2)12-9-17/h4-14H,3,15-16H2,1-2H3,(H,26,27). The molecule has 0 spiro atoms. The van der Waals surface area contributed by atoms with Gasteiger partial charge in [0.1, 0.15) is 23.9 Å². The second-order valence-electron chi connectivity index (χ2n) is 6.51. The van der Waals surface area contributed by atoms with Gasteiger partial charge in [-0.25, -0.2) is 0 Å². The fourth-order valence-electron chi connectivity index (χ4n) is 2.87. The van der Waals surface area contributed by atoms with Crippen molar-refractivity contribution in [1.82, 2.24) is 5.32 Å². The van der Waals surface area contributed by atoms with E-state index in [9.17, 15) is 4.79 Å². The molecule has 5 nitrogen and oxygen atoms in total. The molecule has 0 fully saturated rings. The molecule has 0 unspecified atom stereocenters. The minimum Gasteiger partial charge on any atom is -0.497 e. The van der Waals surface area contributed by atoms with E-state index in [-0.39, 0.29) is 12.5 Å². The molecule has 0 heterocycles. The number of halogens is 1. The Balaban J connectivity index is 1.70. The van der Waals surface area contributed by atoms with E-state index in [1.165, 1.54) is 0 Å². The molecule has 0 saturated heterocycles. The van der Waals surface area contributed by atoms with E-state index < -0.39 is 0 Å². The highest BCUT2D eigenvalue weighted by molar-refractivity contribution is 6.32. The molecule has 0 atom stereocenters. The summed E-state index contributed by atoms with van der Waals surface area (Å²) in [6, 6.07) is 20.1. The summed E-state index contributed by atoms with van der Waals surface area (Å²) in [5, 5.41) is 3.46. The lowest BCUT2D eigenvalue weighted by Crippen LogP contribution is -2.23. The van der Waals surface area contributed by atoms with Gasteiger partial charge >= 0.3 is 0 Å². The summed E-state index contributed by atoms with van der Waals surface area (Å²) in [6.45, 7) is 3.08. The lowest BCUT2D eigenvalue weighted by Gasteiger charge is -2.14. The Bertz CT molecular complexity index is 989. The van der Waals surface area contributed by atoms with Crippen LogP contribution in [0, 0.1) is 0 Å². The molecule has 30 heavy (non-hydrogen) atoms. The molecule has 0 aliphatic rings. The van der Waals surface area contributed by atoms with Gasteiger partial charge in [0.15, 0.2) is 0 Å². The molecule has 3 rings (SSSR count). The van der Waals surface area contributed by atoms with Crippen molar-refractivity contribution in [3.8, 4) is 17.2 Å². The van der Waals surface area contributed by atoms with Crippen LogP contribution in [0.3, 0.4) is 0 Å². The zero-order valence-corrected chi connectivity index (χ0v) is 17.7. The number of hydrogen-bond acceptors (Lipinski definition) is 4. The number of nitrogens with one attached hydrogen (secondary N) is 1. The van der Waals surface area contributed by atoms with Crippen molar-refractivity contribution >= 4 is 17.5 Å². The van der Waals surface area contributed by atoms with Gasteiger partial charge in [0.2, 0.25) is 0 Å². The maximum atomic E-state index is 12.7. The highest BCUT2D eigenvalue weighted by Gasteiger charge is 2.12. The number of hydrogen-bond donors (Lipinski definition) is 1. The third-order valence-corrected chi connectivity index (χ3v) is 4.77. The van der Waals surface area contributed by atoms with Crippen molar-refractivity contribution < 1.29 is 19.0 Å². The number of benzene rings is 3. The highest BCUT2D eigenvalue weighted by Crippen LogP contribution is 2.27. The smallest absolute Gasteiger partial charge is 0.251 e. The van der Waals surface area contributed by atoms with Crippen LogP contribution in [-0.2, 0) is 13.2 Å². The Morgan fingerprint density at radius 1 is 0.967 bits per heavy atom. The maximum absolute atomic E-state index is 12.7. The molecule has 0 aliphatic heterocycles. The Morgan fingerprint density at radius 3 is 2.43 bits per heavy atom. The average molecular weight is 426 g/mol. The molecule has 0 saturated carbocycles. The van der Waals surface area contributed by atoms with Crippen molar-refractivity contribution in [2.24, 2.45) is 0 Å². The summed E-state index contributed by atoms with van der Waals surface area (Å²) in [5.41, 5.74) is 2.29. The lowest BCUT2D eigenvalue weighted by molar-refractivity contribution is 0.0950. The van der Waals surface area contributed by atoms with Crippen LogP contribution in [0.15, 0.2) is 66.7 Å². The van der Waals surface area contributed by atoms with Crippen LogP contribution in [0.1, 0.15) is 28.4 Å². The van der Waals surface area contributed by atoms with E-state index in [0.717, 1.165) is 16.9 Å². The monoisotopic (exact) mass is 425 g/mol. The van der Waals surface area contributed by atoms with Crippen molar-refractivity contribution in [2.45, 2.75) is 20.1 Å². The number of ether oxygens (including phenoxy) is 3. The van der Waals surface area contributed by atoms with Crippen molar-refractivity contribution in [3.05, 3.63) is 88.4 Å². The first-order chi connectivity index (χ1) is 14.6. The van der Waals surface area contributed by atoms with Gasteiger partial charge in [0.25, 0.3) is 5.91 Å². The van der Waals surface area contributed by atoms with Crippen LogP contribution in [0.25, 0.3) is 0 Å². The van der Waals surface area contributed by atoms with Crippen LogP contribution in [0.5, 0.6) is 17.2 Å². The summed E-state index contributed by atoms with van der Waals surface area (Å²) in [6.07, 6.45) is 0. The summed E-state index contributed by atoms with van der Waals surface area (Å²) >= 11 is 6.16. The van der Waals surface area contributed by atoms with E-state index in [0.29, 0.717) is 35.2 Å². The van der Waals surface area contributed by atoms with E-state index in [2.05, 4.69) is 5.32 Å². The number of carbonyl (C=O) groups is 1. The third-order valence-electron chi connectivity index (χ3n) is 4.45. The quantitative estimate of drug-likeness (QED) is 0.508. The van der Waals surface area contributed by atoms with Gasteiger partial charge in [-0.05, 0) is 55.0 Å². The molecule has 1 amide bonds. The molecular formula is C24H24ClNO4. The number of rotatable bonds is 9. The fraction of sp³-hybridized carbons (Fsp3) is 0.208. The minimum atomic E-state index is -0.173. The Kier molecular flexibility index (Phi) is 7.57. The number of para-hydroxylation sites is 1. The van der Waals surface area contributed by atoms with Gasteiger partial charge in [-0.1, -0.05) is 35.9 Å². The lowest BCUT2D eigenvalue weighted by atomic mass is 10.1. The van der Waals surface area contributed by atoms with Gasteiger partial charge in [-0.3, -0.25) is 4.79 Å². The number of carbonyl (C=O) groups excluding carboxylic acids is 1. The highest BCUT2D eigenvalue weighted by atomic mass is 35.5. The van der Waals surface area contributed by atoms with Gasteiger partial charge < -0.3 is 19.5 Å². The first-order valence-electron chi connectivity index (χ1n) is 9.65. The molecule has 156 valence electrons. The van der Waals surface area contributed by atoms with E-state index in [1.807, 2.05) is 43.3 Å². The van der Waals surface area contributed by atoms with Crippen molar-refractivity contribution in [1.29, 1.82) is 0 Å².